The highest BCUT2D eigenvalue weighted by molar-refractivity contribution is 5.95. The molecular weight excluding hydrogens is 292 g/mol. The number of rotatable bonds is 6. The fourth-order valence-corrected chi connectivity index (χ4v) is 3.22. The number of hydrogen-bond donors (Lipinski definition) is 1. The Labute approximate surface area is 138 Å². The van der Waals surface area contributed by atoms with Gasteiger partial charge in [-0.05, 0) is 36.8 Å². The number of nitrogens with one attached hydrogen (secondary N) is 1. The van der Waals surface area contributed by atoms with Crippen LogP contribution in [0.5, 0.6) is 0 Å². The number of hydrogen-bond acceptors (Lipinski definition) is 3. The zero-order valence-corrected chi connectivity index (χ0v) is 14.4. The standard InChI is InChI=1S/C18H28N2O3/c1-13(2)16(19-17(21)15-10-7-11-23-15)18(22)20(3)12-14-8-5-4-6-9-14/h7,10-11,13-14,16H,4-6,8-9,12H2,1-3H3,(H,19,21). The summed E-state index contributed by atoms with van der Waals surface area (Å²) in [5.74, 6) is 0.485. The van der Waals surface area contributed by atoms with Crippen molar-refractivity contribution in [3.63, 3.8) is 0 Å². The molecule has 1 aliphatic carbocycles. The first kappa shape index (κ1) is 17.6. The lowest BCUT2D eigenvalue weighted by atomic mass is 9.89. The van der Waals surface area contributed by atoms with Gasteiger partial charge in [-0.3, -0.25) is 9.59 Å². The SMILES string of the molecule is CC(C)C(NC(=O)c1ccco1)C(=O)N(C)CC1CCCCC1. The normalized spacial score (nSPS) is 17.0. The van der Waals surface area contributed by atoms with Gasteiger partial charge in [-0.1, -0.05) is 33.1 Å². The number of nitrogens with zero attached hydrogens (tertiary/aromatic N) is 1. The molecule has 128 valence electrons. The first-order chi connectivity index (χ1) is 11.0. The van der Waals surface area contributed by atoms with Gasteiger partial charge in [0.15, 0.2) is 5.76 Å². The van der Waals surface area contributed by atoms with Crippen LogP contribution in [0.2, 0.25) is 0 Å². The van der Waals surface area contributed by atoms with Crippen molar-refractivity contribution >= 4 is 11.8 Å². The molecule has 1 aromatic heterocycles. The molecule has 1 unspecified atom stereocenters. The Bertz CT molecular complexity index is 504. The van der Waals surface area contributed by atoms with Gasteiger partial charge < -0.3 is 14.6 Å². The molecule has 23 heavy (non-hydrogen) atoms. The van der Waals surface area contributed by atoms with Crippen LogP contribution >= 0.6 is 0 Å². The van der Waals surface area contributed by atoms with Crippen LogP contribution in [0.3, 0.4) is 0 Å². The zero-order chi connectivity index (χ0) is 16.8. The van der Waals surface area contributed by atoms with E-state index in [0.29, 0.717) is 5.92 Å². The van der Waals surface area contributed by atoms with Crippen LogP contribution in [0.1, 0.15) is 56.5 Å². The third-order valence-electron chi connectivity index (χ3n) is 4.60. The Balaban J connectivity index is 1.95. The van der Waals surface area contributed by atoms with Crippen LogP contribution in [0.15, 0.2) is 22.8 Å². The van der Waals surface area contributed by atoms with E-state index in [9.17, 15) is 9.59 Å². The van der Waals surface area contributed by atoms with E-state index < -0.39 is 6.04 Å². The fraction of sp³-hybridized carbons (Fsp3) is 0.667. The average Bonchev–Trinajstić information content (AvgIpc) is 3.07. The maximum atomic E-state index is 12.7. The second kappa shape index (κ2) is 8.18. The molecule has 0 saturated heterocycles. The highest BCUT2D eigenvalue weighted by atomic mass is 16.3. The highest BCUT2D eigenvalue weighted by Crippen LogP contribution is 2.24. The van der Waals surface area contributed by atoms with E-state index in [0.717, 1.165) is 6.54 Å². The summed E-state index contributed by atoms with van der Waals surface area (Å²) in [6.07, 6.45) is 7.68. The highest BCUT2D eigenvalue weighted by Gasteiger charge is 2.29. The van der Waals surface area contributed by atoms with Gasteiger partial charge in [0.25, 0.3) is 5.91 Å². The summed E-state index contributed by atoms with van der Waals surface area (Å²) in [6.45, 7) is 4.66. The van der Waals surface area contributed by atoms with E-state index in [1.165, 1.54) is 38.4 Å². The van der Waals surface area contributed by atoms with Gasteiger partial charge in [-0.15, -0.1) is 0 Å². The molecule has 1 N–H and O–H groups in total. The summed E-state index contributed by atoms with van der Waals surface area (Å²) >= 11 is 0. The maximum Gasteiger partial charge on any atom is 0.287 e. The number of likely N-dealkylation sites (N-methyl/N-ethyl adjacent to an activating group) is 1. The van der Waals surface area contributed by atoms with E-state index in [1.54, 1.807) is 17.0 Å². The van der Waals surface area contributed by atoms with Crippen LogP contribution in [0.4, 0.5) is 0 Å². The van der Waals surface area contributed by atoms with Crippen LogP contribution in [-0.4, -0.2) is 36.3 Å². The molecule has 5 heteroatoms. The second-order valence-electron chi connectivity index (χ2n) is 6.90. The molecule has 1 atom stereocenters. The zero-order valence-electron chi connectivity index (χ0n) is 14.4. The summed E-state index contributed by atoms with van der Waals surface area (Å²) < 4.78 is 5.10. The molecule has 0 spiro atoms. The summed E-state index contributed by atoms with van der Waals surface area (Å²) in [6, 6.07) is 2.74. The van der Waals surface area contributed by atoms with E-state index in [4.69, 9.17) is 4.42 Å². The Morgan fingerprint density at radius 3 is 2.57 bits per heavy atom. The summed E-state index contributed by atoms with van der Waals surface area (Å²) in [5.41, 5.74) is 0. The summed E-state index contributed by atoms with van der Waals surface area (Å²) in [7, 11) is 1.84. The predicted octanol–water partition coefficient (Wildman–Crippen LogP) is 3.07. The minimum absolute atomic E-state index is 0.0227. The lowest BCUT2D eigenvalue weighted by molar-refractivity contribution is -0.133. The topological polar surface area (TPSA) is 62.6 Å². The van der Waals surface area contributed by atoms with Crippen molar-refractivity contribution in [1.82, 2.24) is 10.2 Å². The average molecular weight is 320 g/mol. The van der Waals surface area contributed by atoms with Crippen molar-refractivity contribution in [2.45, 2.75) is 52.0 Å². The van der Waals surface area contributed by atoms with Crippen molar-refractivity contribution in [2.24, 2.45) is 11.8 Å². The minimum atomic E-state index is -0.527. The van der Waals surface area contributed by atoms with E-state index in [-0.39, 0.29) is 23.5 Å². The second-order valence-corrected chi connectivity index (χ2v) is 6.90. The molecule has 5 nitrogen and oxygen atoms in total. The third kappa shape index (κ3) is 4.85. The van der Waals surface area contributed by atoms with Crippen molar-refractivity contribution in [3.8, 4) is 0 Å². The molecule has 0 aromatic carbocycles. The van der Waals surface area contributed by atoms with Crippen molar-refractivity contribution in [2.75, 3.05) is 13.6 Å². The Hall–Kier alpha value is -1.78. The molecule has 2 amide bonds. The van der Waals surface area contributed by atoms with Crippen molar-refractivity contribution in [3.05, 3.63) is 24.2 Å². The van der Waals surface area contributed by atoms with Crippen LogP contribution in [0, 0.1) is 11.8 Å². The molecule has 2 rings (SSSR count). The van der Waals surface area contributed by atoms with Crippen molar-refractivity contribution < 1.29 is 14.0 Å². The van der Waals surface area contributed by atoms with Gasteiger partial charge in [0.1, 0.15) is 6.04 Å². The Kier molecular flexibility index (Phi) is 6.25. The maximum absolute atomic E-state index is 12.7. The van der Waals surface area contributed by atoms with Crippen molar-refractivity contribution in [1.29, 1.82) is 0 Å². The molecule has 1 fully saturated rings. The monoisotopic (exact) mass is 320 g/mol. The smallest absolute Gasteiger partial charge is 0.287 e. The first-order valence-electron chi connectivity index (χ1n) is 8.58. The fourth-order valence-electron chi connectivity index (χ4n) is 3.22. The van der Waals surface area contributed by atoms with E-state index >= 15 is 0 Å². The quantitative estimate of drug-likeness (QED) is 0.876. The number of carbonyl (C=O) groups excluding carboxylic acids is 2. The first-order valence-corrected chi connectivity index (χ1v) is 8.58. The van der Waals surface area contributed by atoms with Crippen LogP contribution in [-0.2, 0) is 4.79 Å². The van der Waals surface area contributed by atoms with Crippen LogP contribution in [0.25, 0.3) is 0 Å². The summed E-state index contributed by atoms with van der Waals surface area (Å²) in [4.78, 5) is 26.7. The number of furan rings is 1. The van der Waals surface area contributed by atoms with E-state index in [1.807, 2.05) is 20.9 Å². The van der Waals surface area contributed by atoms with Gasteiger partial charge >= 0.3 is 0 Å². The largest absolute Gasteiger partial charge is 0.459 e. The molecular formula is C18H28N2O3. The van der Waals surface area contributed by atoms with Gasteiger partial charge in [0.2, 0.25) is 5.91 Å². The lowest BCUT2D eigenvalue weighted by Crippen LogP contribution is -2.51. The molecule has 0 aliphatic heterocycles. The molecule has 1 aromatic rings. The predicted molar refractivity (Wildman–Crippen MR) is 89.0 cm³/mol. The van der Waals surface area contributed by atoms with Gasteiger partial charge in [-0.2, -0.15) is 0 Å². The van der Waals surface area contributed by atoms with Gasteiger partial charge in [0.05, 0.1) is 6.26 Å². The molecule has 1 saturated carbocycles. The molecule has 0 bridgehead atoms. The minimum Gasteiger partial charge on any atom is -0.459 e. The van der Waals surface area contributed by atoms with E-state index in [2.05, 4.69) is 5.32 Å². The summed E-state index contributed by atoms with van der Waals surface area (Å²) in [5, 5.41) is 2.81. The molecule has 0 radical (unpaired) electrons. The molecule has 1 aliphatic rings. The van der Waals surface area contributed by atoms with Gasteiger partial charge in [0, 0.05) is 13.6 Å². The third-order valence-corrected chi connectivity index (χ3v) is 4.60. The van der Waals surface area contributed by atoms with Gasteiger partial charge in [-0.25, -0.2) is 0 Å². The Morgan fingerprint density at radius 2 is 2.00 bits per heavy atom. The number of amides is 2. The molecule has 1 heterocycles. The lowest BCUT2D eigenvalue weighted by Gasteiger charge is -2.31. The van der Waals surface area contributed by atoms with Crippen LogP contribution < -0.4 is 5.32 Å². The Morgan fingerprint density at radius 1 is 1.30 bits per heavy atom. The number of carbonyl (C=O) groups is 2.